The maximum atomic E-state index is 15.1. The standard InChI is InChI=1S/C24H21Cl2F2N5O4S/c25-14-9-13(12-34)22(26)21(10-14)38(36,37)33-20-8-7-19(27)18(23(20)28)6-3-16-11-29-24(32-31-16)30-15-1-4-17(35)5-2-15/h7-11,15,17,33-35H,1-2,4-5,12H2,(H,29,30,32)/t15-,17-. The summed E-state index contributed by atoms with van der Waals surface area (Å²) in [5, 5.41) is 29.6. The van der Waals surface area contributed by atoms with E-state index in [0.717, 1.165) is 31.0 Å². The van der Waals surface area contributed by atoms with Crippen molar-refractivity contribution in [3.63, 3.8) is 0 Å². The van der Waals surface area contributed by atoms with E-state index in [1.54, 1.807) is 0 Å². The number of hydrogen-bond acceptors (Lipinski definition) is 8. The predicted octanol–water partition coefficient (Wildman–Crippen LogP) is 3.86. The van der Waals surface area contributed by atoms with E-state index in [4.69, 9.17) is 23.2 Å². The molecule has 0 atom stereocenters. The molecular formula is C24H21Cl2F2N5O4S. The highest BCUT2D eigenvalue weighted by atomic mass is 35.5. The second kappa shape index (κ2) is 11.8. The molecule has 1 fully saturated rings. The monoisotopic (exact) mass is 583 g/mol. The maximum absolute atomic E-state index is 15.1. The number of sulfonamides is 1. The molecule has 1 saturated carbocycles. The van der Waals surface area contributed by atoms with Crippen molar-refractivity contribution in [3.05, 3.63) is 69.0 Å². The summed E-state index contributed by atoms with van der Waals surface area (Å²) < 4.78 is 57.3. The highest BCUT2D eigenvalue weighted by Crippen LogP contribution is 2.32. The highest BCUT2D eigenvalue weighted by Gasteiger charge is 2.24. The van der Waals surface area contributed by atoms with E-state index < -0.39 is 44.4 Å². The van der Waals surface area contributed by atoms with Crippen LogP contribution in [-0.2, 0) is 16.6 Å². The SMILES string of the molecule is O=S(=O)(Nc1ccc(F)c(C#Cc2cnc(N[C@H]3CC[C@H](O)CC3)nn2)c1F)c1cc(Cl)cc(CO)c1Cl. The molecule has 0 unspecified atom stereocenters. The van der Waals surface area contributed by atoms with Crippen molar-refractivity contribution in [2.24, 2.45) is 0 Å². The van der Waals surface area contributed by atoms with Crippen LogP contribution in [0.25, 0.3) is 0 Å². The lowest BCUT2D eigenvalue weighted by molar-refractivity contribution is 0.126. The molecule has 0 spiro atoms. The Morgan fingerprint density at radius 3 is 2.47 bits per heavy atom. The Morgan fingerprint density at radius 2 is 1.82 bits per heavy atom. The van der Waals surface area contributed by atoms with Crippen LogP contribution in [0.2, 0.25) is 10.0 Å². The third-order valence-electron chi connectivity index (χ3n) is 5.78. The normalized spacial score (nSPS) is 17.4. The molecule has 0 bridgehead atoms. The molecule has 4 N–H and O–H groups in total. The fraction of sp³-hybridized carbons (Fsp3) is 0.292. The van der Waals surface area contributed by atoms with Gasteiger partial charge in [-0.2, -0.15) is 0 Å². The molecule has 1 aliphatic rings. The number of benzene rings is 2. The lowest BCUT2D eigenvalue weighted by Gasteiger charge is -2.25. The second-order valence-corrected chi connectivity index (χ2v) is 11.0. The van der Waals surface area contributed by atoms with E-state index >= 15 is 4.39 Å². The van der Waals surface area contributed by atoms with Crippen LogP contribution in [0.3, 0.4) is 0 Å². The summed E-state index contributed by atoms with van der Waals surface area (Å²) in [5.74, 6) is 2.73. The third-order valence-corrected chi connectivity index (χ3v) is 7.95. The van der Waals surface area contributed by atoms with E-state index in [1.807, 2.05) is 4.72 Å². The topological polar surface area (TPSA) is 137 Å². The van der Waals surface area contributed by atoms with Crippen molar-refractivity contribution in [1.82, 2.24) is 15.2 Å². The average Bonchev–Trinajstić information content (AvgIpc) is 2.89. The number of halogens is 4. The molecule has 0 radical (unpaired) electrons. The average molecular weight is 584 g/mol. The molecule has 3 aromatic rings. The molecular weight excluding hydrogens is 563 g/mol. The predicted molar refractivity (Wildman–Crippen MR) is 137 cm³/mol. The van der Waals surface area contributed by atoms with Crippen LogP contribution in [-0.4, -0.2) is 46.0 Å². The van der Waals surface area contributed by atoms with Gasteiger partial charge in [-0.25, -0.2) is 22.2 Å². The van der Waals surface area contributed by atoms with Crippen molar-refractivity contribution < 1.29 is 27.4 Å². The van der Waals surface area contributed by atoms with Crippen molar-refractivity contribution in [2.75, 3.05) is 10.0 Å². The first kappa shape index (κ1) is 27.9. The smallest absolute Gasteiger partial charge is 0.263 e. The largest absolute Gasteiger partial charge is 0.393 e. The Morgan fingerprint density at radius 1 is 1.08 bits per heavy atom. The summed E-state index contributed by atoms with van der Waals surface area (Å²) in [6.07, 6.45) is 3.86. The maximum Gasteiger partial charge on any atom is 0.263 e. The summed E-state index contributed by atoms with van der Waals surface area (Å²) in [6.45, 7) is -0.577. The van der Waals surface area contributed by atoms with Gasteiger partial charge in [0, 0.05) is 11.1 Å². The molecule has 1 heterocycles. The van der Waals surface area contributed by atoms with Gasteiger partial charge in [0.15, 0.2) is 11.5 Å². The minimum Gasteiger partial charge on any atom is -0.393 e. The van der Waals surface area contributed by atoms with Crippen molar-refractivity contribution >= 4 is 44.9 Å². The minimum atomic E-state index is -4.48. The molecule has 14 heteroatoms. The fourth-order valence-electron chi connectivity index (χ4n) is 3.80. The van der Waals surface area contributed by atoms with Gasteiger partial charge in [0.05, 0.1) is 35.2 Å². The molecule has 9 nitrogen and oxygen atoms in total. The van der Waals surface area contributed by atoms with Gasteiger partial charge in [-0.1, -0.05) is 29.1 Å². The van der Waals surface area contributed by atoms with Gasteiger partial charge in [-0.3, -0.25) is 4.72 Å². The molecule has 38 heavy (non-hydrogen) atoms. The van der Waals surface area contributed by atoms with Crippen molar-refractivity contribution in [3.8, 4) is 11.8 Å². The fourth-order valence-corrected chi connectivity index (χ4v) is 5.79. The number of aromatic nitrogens is 3. The van der Waals surface area contributed by atoms with Gasteiger partial charge in [0.2, 0.25) is 5.95 Å². The lowest BCUT2D eigenvalue weighted by atomic mass is 9.93. The zero-order valence-electron chi connectivity index (χ0n) is 19.5. The summed E-state index contributed by atoms with van der Waals surface area (Å²) in [4.78, 5) is 3.61. The Labute approximate surface area is 227 Å². The molecule has 1 aromatic heterocycles. The minimum absolute atomic E-state index is 0.0153. The Bertz CT molecular complexity index is 1510. The molecule has 2 aromatic carbocycles. The number of aliphatic hydroxyl groups is 2. The number of nitrogens with zero attached hydrogens (tertiary/aromatic N) is 3. The first-order chi connectivity index (χ1) is 18.1. The number of nitrogens with one attached hydrogen (secondary N) is 2. The van der Waals surface area contributed by atoms with Crippen LogP contribution >= 0.6 is 23.2 Å². The Hall–Kier alpha value is -3.08. The highest BCUT2D eigenvalue weighted by molar-refractivity contribution is 7.92. The molecule has 0 aliphatic heterocycles. The summed E-state index contributed by atoms with van der Waals surface area (Å²) in [6, 6.07) is 4.17. The quantitative estimate of drug-likeness (QED) is 0.321. The van der Waals surface area contributed by atoms with E-state index in [-0.39, 0.29) is 39.4 Å². The first-order valence-corrected chi connectivity index (χ1v) is 13.6. The van der Waals surface area contributed by atoms with Crippen molar-refractivity contribution in [1.29, 1.82) is 0 Å². The number of hydrogen-bond donors (Lipinski definition) is 4. The van der Waals surface area contributed by atoms with Crippen LogP contribution in [0.15, 0.2) is 35.4 Å². The van der Waals surface area contributed by atoms with Crippen LogP contribution in [0.1, 0.15) is 42.5 Å². The molecule has 4 rings (SSSR count). The summed E-state index contributed by atoms with van der Waals surface area (Å²) >= 11 is 12.0. The molecule has 0 saturated heterocycles. The number of anilines is 2. The van der Waals surface area contributed by atoms with Gasteiger partial charge >= 0.3 is 0 Å². The van der Waals surface area contributed by atoms with E-state index in [2.05, 4.69) is 32.3 Å². The van der Waals surface area contributed by atoms with E-state index in [1.165, 1.54) is 12.3 Å². The Kier molecular flexibility index (Phi) is 8.64. The van der Waals surface area contributed by atoms with Crippen LogP contribution in [0.4, 0.5) is 20.4 Å². The summed E-state index contributed by atoms with van der Waals surface area (Å²) in [5.41, 5.74) is -1.21. The Balaban J connectivity index is 1.54. The van der Waals surface area contributed by atoms with Crippen LogP contribution in [0.5, 0.6) is 0 Å². The lowest BCUT2D eigenvalue weighted by Crippen LogP contribution is -2.29. The molecule has 1 aliphatic carbocycles. The van der Waals surface area contributed by atoms with Crippen molar-refractivity contribution in [2.45, 2.75) is 49.3 Å². The number of aliphatic hydroxyl groups excluding tert-OH is 2. The van der Waals surface area contributed by atoms with E-state index in [9.17, 15) is 23.0 Å². The van der Waals surface area contributed by atoms with Gasteiger partial charge in [-0.05, 0) is 61.4 Å². The zero-order chi connectivity index (χ0) is 27.4. The zero-order valence-corrected chi connectivity index (χ0v) is 21.9. The van der Waals surface area contributed by atoms with Gasteiger partial charge in [0.25, 0.3) is 10.0 Å². The molecule has 0 amide bonds. The second-order valence-electron chi connectivity index (χ2n) is 8.49. The van der Waals surface area contributed by atoms with Gasteiger partial charge in [-0.15, -0.1) is 10.2 Å². The first-order valence-electron chi connectivity index (χ1n) is 11.3. The van der Waals surface area contributed by atoms with Gasteiger partial charge < -0.3 is 15.5 Å². The van der Waals surface area contributed by atoms with Gasteiger partial charge in [0.1, 0.15) is 10.7 Å². The third kappa shape index (κ3) is 6.48. The number of rotatable bonds is 6. The van der Waals surface area contributed by atoms with Crippen LogP contribution < -0.4 is 10.0 Å². The summed E-state index contributed by atoms with van der Waals surface area (Å²) in [7, 11) is -4.48. The van der Waals surface area contributed by atoms with Crippen LogP contribution in [0, 0.1) is 23.5 Å². The van der Waals surface area contributed by atoms with E-state index in [0.29, 0.717) is 12.8 Å². The molecule has 200 valence electrons.